The Morgan fingerprint density at radius 2 is 2.22 bits per heavy atom. The van der Waals surface area contributed by atoms with Crippen molar-refractivity contribution in [3.05, 3.63) is 52.7 Å². The first-order chi connectivity index (χ1) is 8.75. The van der Waals surface area contributed by atoms with E-state index in [0.29, 0.717) is 0 Å². The van der Waals surface area contributed by atoms with Crippen molar-refractivity contribution in [2.45, 2.75) is 18.4 Å². The molecule has 0 amide bonds. The molecule has 1 saturated carbocycles. The second-order valence-electron chi connectivity index (χ2n) is 4.42. The molecule has 0 bridgehead atoms. The maximum absolute atomic E-state index is 11.5. The standard InChI is InChI=1S/C13H11N3O2/c17-9-15-13(4-5-13)10-2-1-3-11(8-10)16-7-6-14-12(16)18/h1-3,6-8H,4-5H2,(H,14,18). The van der Waals surface area contributed by atoms with E-state index in [2.05, 4.69) is 9.98 Å². The van der Waals surface area contributed by atoms with Gasteiger partial charge >= 0.3 is 5.69 Å². The fraction of sp³-hybridized carbons (Fsp3) is 0.231. The van der Waals surface area contributed by atoms with Crippen LogP contribution in [0, 0.1) is 0 Å². The smallest absolute Gasteiger partial charge is 0.312 e. The van der Waals surface area contributed by atoms with Crippen LogP contribution in [0.15, 0.2) is 46.4 Å². The monoisotopic (exact) mass is 241 g/mol. The van der Waals surface area contributed by atoms with E-state index < -0.39 is 5.54 Å². The first-order valence-electron chi connectivity index (χ1n) is 5.71. The number of isocyanates is 1. The summed E-state index contributed by atoms with van der Waals surface area (Å²) in [5.74, 6) is 0. The summed E-state index contributed by atoms with van der Waals surface area (Å²) >= 11 is 0. The van der Waals surface area contributed by atoms with Crippen LogP contribution in [0.5, 0.6) is 0 Å². The fourth-order valence-corrected chi connectivity index (χ4v) is 2.14. The molecule has 2 aromatic rings. The normalized spacial score (nSPS) is 16.0. The van der Waals surface area contributed by atoms with Crippen molar-refractivity contribution in [1.82, 2.24) is 9.55 Å². The van der Waals surface area contributed by atoms with Crippen LogP contribution in [0.25, 0.3) is 5.69 Å². The Balaban J connectivity index is 2.08. The Labute approximate surface area is 103 Å². The predicted octanol–water partition coefficient (Wildman–Crippen LogP) is 1.49. The van der Waals surface area contributed by atoms with Gasteiger partial charge < -0.3 is 4.98 Å². The minimum absolute atomic E-state index is 0.184. The average Bonchev–Trinajstić information content (AvgIpc) is 3.05. The summed E-state index contributed by atoms with van der Waals surface area (Å²) in [6.45, 7) is 0. The number of H-pyrrole nitrogens is 1. The maximum Gasteiger partial charge on any atom is 0.330 e. The van der Waals surface area contributed by atoms with Gasteiger partial charge in [0.1, 0.15) is 0 Å². The van der Waals surface area contributed by atoms with E-state index in [0.717, 1.165) is 24.1 Å². The Hall–Kier alpha value is -2.39. The third kappa shape index (κ3) is 1.61. The lowest BCUT2D eigenvalue weighted by Gasteiger charge is -2.10. The van der Waals surface area contributed by atoms with Gasteiger partial charge in [0.15, 0.2) is 0 Å². The van der Waals surface area contributed by atoms with Crippen molar-refractivity contribution in [2.24, 2.45) is 4.99 Å². The van der Waals surface area contributed by atoms with E-state index in [1.54, 1.807) is 18.5 Å². The van der Waals surface area contributed by atoms with Gasteiger partial charge in [-0.3, -0.25) is 4.57 Å². The first-order valence-corrected chi connectivity index (χ1v) is 5.71. The Bertz CT molecular complexity index is 688. The Morgan fingerprint density at radius 1 is 1.39 bits per heavy atom. The molecule has 18 heavy (non-hydrogen) atoms. The molecule has 1 aromatic heterocycles. The van der Waals surface area contributed by atoms with E-state index in [-0.39, 0.29) is 5.69 Å². The molecule has 1 heterocycles. The lowest BCUT2D eigenvalue weighted by molar-refractivity contribution is 0.556. The van der Waals surface area contributed by atoms with Crippen LogP contribution < -0.4 is 5.69 Å². The lowest BCUT2D eigenvalue weighted by atomic mass is 10.0. The maximum atomic E-state index is 11.5. The molecular weight excluding hydrogens is 230 g/mol. The molecule has 0 atom stereocenters. The molecule has 1 aliphatic rings. The van der Waals surface area contributed by atoms with E-state index in [1.165, 1.54) is 4.57 Å². The van der Waals surface area contributed by atoms with Crippen molar-refractivity contribution in [3.8, 4) is 5.69 Å². The minimum Gasteiger partial charge on any atom is -0.312 e. The first kappa shape index (κ1) is 10.7. The largest absolute Gasteiger partial charge is 0.330 e. The van der Waals surface area contributed by atoms with Crippen LogP contribution >= 0.6 is 0 Å². The van der Waals surface area contributed by atoms with Gasteiger partial charge in [0.2, 0.25) is 6.08 Å². The molecule has 0 saturated heterocycles. The summed E-state index contributed by atoms with van der Waals surface area (Å²) in [5, 5.41) is 0. The number of nitrogens with one attached hydrogen (secondary N) is 1. The quantitative estimate of drug-likeness (QED) is 0.653. The molecule has 0 radical (unpaired) electrons. The fourth-order valence-electron chi connectivity index (χ4n) is 2.14. The highest BCUT2D eigenvalue weighted by Gasteiger charge is 2.44. The topological polar surface area (TPSA) is 67.2 Å². The molecule has 1 aromatic carbocycles. The van der Waals surface area contributed by atoms with E-state index >= 15 is 0 Å². The molecule has 5 heteroatoms. The molecule has 5 nitrogen and oxygen atoms in total. The van der Waals surface area contributed by atoms with Gasteiger partial charge in [-0.05, 0) is 30.5 Å². The van der Waals surface area contributed by atoms with Crippen LogP contribution in [0.2, 0.25) is 0 Å². The van der Waals surface area contributed by atoms with Crippen molar-refractivity contribution in [2.75, 3.05) is 0 Å². The van der Waals surface area contributed by atoms with Gasteiger partial charge in [-0.15, -0.1) is 0 Å². The highest BCUT2D eigenvalue weighted by Crippen LogP contribution is 2.49. The predicted molar refractivity (Wildman–Crippen MR) is 65.4 cm³/mol. The zero-order valence-electron chi connectivity index (χ0n) is 9.59. The number of carbonyl (C=O) groups excluding carboxylic acids is 1. The molecule has 3 rings (SSSR count). The number of benzene rings is 1. The summed E-state index contributed by atoms with van der Waals surface area (Å²) in [6.07, 6.45) is 6.60. The summed E-state index contributed by atoms with van der Waals surface area (Å²) in [4.78, 5) is 28.5. The molecule has 1 fully saturated rings. The van der Waals surface area contributed by atoms with Crippen LogP contribution in [-0.2, 0) is 10.3 Å². The van der Waals surface area contributed by atoms with E-state index in [4.69, 9.17) is 0 Å². The number of rotatable bonds is 3. The van der Waals surface area contributed by atoms with Crippen LogP contribution in [-0.4, -0.2) is 15.6 Å². The molecule has 0 unspecified atom stereocenters. The number of hydrogen-bond donors (Lipinski definition) is 1. The number of imidazole rings is 1. The molecular formula is C13H11N3O2. The summed E-state index contributed by atoms with van der Waals surface area (Å²) < 4.78 is 1.52. The Kier molecular flexibility index (Phi) is 2.28. The second kappa shape index (κ2) is 3.82. The number of hydrogen-bond acceptors (Lipinski definition) is 3. The number of aromatic amines is 1. The summed E-state index contributed by atoms with van der Waals surface area (Å²) in [5.41, 5.74) is 1.14. The molecule has 0 aliphatic heterocycles. The minimum atomic E-state index is -0.405. The molecule has 1 aliphatic carbocycles. The van der Waals surface area contributed by atoms with E-state index in [1.807, 2.05) is 24.3 Å². The highest BCUT2D eigenvalue weighted by atomic mass is 16.1. The van der Waals surface area contributed by atoms with Crippen molar-refractivity contribution in [3.63, 3.8) is 0 Å². The van der Waals surface area contributed by atoms with Crippen molar-refractivity contribution >= 4 is 6.08 Å². The van der Waals surface area contributed by atoms with Crippen LogP contribution in [0.4, 0.5) is 0 Å². The number of nitrogens with zero attached hydrogens (tertiary/aromatic N) is 2. The Morgan fingerprint density at radius 3 is 2.83 bits per heavy atom. The molecule has 1 N–H and O–H groups in total. The summed E-state index contributed by atoms with van der Waals surface area (Å²) in [6, 6.07) is 7.53. The number of aliphatic imine (C=N–C) groups is 1. The molecule has 0 spiro atoms. The van der Waals surface area contributed by atoms with Gasteiger partial charge in [0.05, 0.1) is 11.2 Å². The third-order valence-electron chi connectivity index (χ3n) is 3.29. The van der Waals surface area contributed by atoms with Gasteiger partial charge in [-0.2, -0.15) is 4.99 Å². The van der Waals surface area contributed by atoms with Gasteiger partial charge in [-0.25, -0.2) is 9.59 Å². The van der Waals surface area contributed by atoms with Crippen LogP contribution in [0.1, 0.15) is 18.4 Å². The van der Waals surface area contributed by atoms with Gasteiger partial charge in [0.25, 0.3) is 0 Å². The van der Waals surface area contributed by atoms with Crippen molar-refractivity contribution < 1.29 is 4.79 Å². The zero-order chi connectivity index (χ0) is 12.6. The summed E-state index contributed by atoms with van der Waals surface area (Å²) in [7, 11) is 0. The lowest BCUT2D eigenvalue weighted by Crippen LogP contribution is -2.14. The van der Waals surface area contributed by atoms with E-state index in [9.17, 15) is 9.59 Å². The van der Waals surface area contributed by atoms with Gasteiger partial charge in [0, 0.05) is 12.4 Å². The highest BCUT2D eigenvalue weighted by molar-refractivity contribution is 5.45. The zero-order valence-corrected chi connectivity index (χ0v) is 9.59. The molecule has 90 valence electrons. The van der Waals surface area contributed by atoms with Crippen molar-refractivity contribution in [1.29, 1.82) is 0 Å². The number of aromatic nitrogens is 2. The third-order valence-corrected chi connectivity index (χ3v) is 3.29. The SMILES string of the molecule is O=C=NC1(c2cccc(-n3cc[nH]c3=O)c2)CC1. The second-order valence-corrected chi connectivity index (χ2v) is 4.42. The average molecular weight is 241 g/mol. The van der Waals surface area contributed by atoms with Crippen LogP contribution in [0.3, 0.4) is 0 Å². The van der Waals surface area contributed by atoms with Gasteiger partial charge in [-0.1, -0.05) is 12.1 Å².